The number of Topliss-reactive ketones (excluding diaryl/α,β-unsaturated/α-hetero) is 1. The number of nitrogens with zero attached hydrogens (tertiary/aromatic N) is 1. The summed E-state index contributed by atoms with van der Waals surface area (Å²) in [6, 6.07) is 14.8. The summed E-state index contributed by atoms with van der Waals surface area (Å²) < 4.78 is 5.35. The second-order valence-electron chi connectivity index (χ2n) is 6.12. The lowest BCUT2D eigenvalue weighted by Crippen LogP contribution is -2.36. The van der Waals surface area contributed by atoms with Gasteiger partial charge in [0.15, 0.2) is 5.78 Å². The molecule has 1 N–H and O–H groups in total. The Bertz CT molecular complexity index is 750. The van der Waals surface area contributed by atoms with Crippen molar-refractivity contribution in [2.75, 3.05) is 37.7 Å². The predicted octanol–water partition coefficient (Wildman–Crippen LogP) is 2.44. The molecule has 130 valence electrons. The largest absolute Gasteiger partial charge is 0.378 e. The number of carbonyl (C=O) groups excluding carboxylic acids is 2. The minimum atomic E-state index is -0.234. The number of rotatable bonds is 5. The van der Waals surface area contributed by atoms with E-state index in [4.69, 9.17) is 4.74 Å². The highest BCUT2D eigenvalue weighted by atomic mass is 16.5. The van der Waals surface area contributed by atoms with Crippen molar-refractivity contribution in [1.29, 1.82) is 0 Å². The van der Waals surface area contributed by atoms with Gasteiger partial charge in [0.05, 0.1) is 19.8 Å². The molecule has 1 aliphatic heterocycles. The molecule has 2 aromatic rings. The van der Waals surface area contributed by atoms with Gasteiger partial charge in [0, 0.05) is 29.9 Å². The summed E-state index contributed by atoms with van der Waals surface area (Å²) in [5.41, 5.74) is 3.26. The first kappa shape index (κ1) is 17.2. The first-order valence-corrected chi connectivity index (χ1v) is 8.44. The molecule has 2 aromatic carbocycles. The Labute approximate surface area is 147 Å². The van der Waals surface area contributed by atoms with Crippen LogP contribution >= 0.6 is 0 Å². The third kappa shape index (κ3) is 4.45. The Kier molecular flexibility index (Phi) is 5.46. The summed E-state index contributed by atoms with van der Waals surface area (Å²) >= 11 is 0. The van der Waals surface area contributed by atoms with E-state index in [1.807, 2.05) is 43.3 Å². The molecule has 0 aliphatic carbocycles. The highest BCUT2D eigenvalue weighted by molar-refractivity contribution is 6.02. The van der Waals surface area contributed by atoms with Crippen molar-refractivity contribution in [3.63, 3.8) is 0 Å². The van der Waals surface area contributed by atoms with Crippen LogP contribution in [-0.2, 0) is 4.74 Å². The Hall–Kier alpha value is -2.66. The summed E-state index contributed by atoms with van der Waals surface area (Å²) in [7, 11) is 0. The third-order valence-corrected chi connectivity index (χ3v) is 4.26. The van der Waals surface area contributed by atoms with Crippen LogP contribution in [0.4, 0.5) is 5.69 Å². The minimum absolute atomic E-state index is 0.0102. The van der Waals surface area contributed by atoms with Gasteiger partial charge in [-0.15, -0.1) is 0 Å². The average molecular weight is 338 g/mol. The van der Waals surface area contributed by atoms with Gasteiger partial charge in [0.2, 0.25) is 0 Å². The molecule has 5 heteroatoms. The Morgan fingerprint density at radius 1 is 1.04 bits per heavy atom. The van der Waals surface area contributed by atoms with E-state index >= 15 is 0 Å². The van der Waals surface area contributed by atoms with Crippen LogP contribution in [0.5, 0.6) is 0 Å². The fourth-order valence-electron chi connectivity index (χ4n) is 2.83. The fourth-order valence-corrected chi connectivity index (χ4v) is 2.83. The van der Waals surface area contributed by atoms with E-state index in [0.717, 1.165) is 37.6 Å². The number of hydrogen-bond acceptors (Lipinski definition) is 4. The number of aryl methyl sites for hydroxylation is 1. The Morgan fingerprint density at radius 2 is 1.76 bits per heavy atom. The second-order valence-corrected chi connectivity index (χ2v) is 6.12. The molecule has 5 nitrogen and oxygen atoms in total. The topological polar surface area (TPSA) is 58.6 Å². The number of amides is 1. The quantitative estimate of drug-likeness (QED) is 0.851. The van der Waals surface area contributed by atoms with Crippen LogP contribution in [0, 0.1) is 6.92 Å². The van der Waals surface area contributed by atoms with Crippen LogP contribution in [0.1, 0.15) is 26.3 Å². The molecule has 1 heterocycles. The van der Waals surface area contributed by atoms with Gasteiger partial charge in [-0.3, -0.25) is 9.59 Å². The monoisotopic (exact) mass is 338 g/mol. The van der Waals surface area contributed by atoms with E-state index in [1.165, 1.54) is 0 Å². The van der Waals surface area contributed by atoms with Crippen molar-refractivity contribution in [3.05, 3.63) is 65.2 Å². The van der Waals surface area contributed by atoms with E-state index < -0.39 is 0 Å². The van der Waals surface area contributed by atoms with E-state index in [9.17, 15) is 9.59 Å². The number of morpholine rings is 1. The SMILES string of the molecule is Cc1cccc(C(=O)NCC(=O)c2ccc(N3CCOCC3)cc2)c1. The molecule has 1 saturated heterocycles. The summed E-state index contributed by atoms with van der Waals surface area (Å²) in [6.07, 6.45) is 0. The molecule has 0 bridgehead atoms. The van der Waals surface area contributed by atoms with Gasteiger partial charge in [0.1, 0.15) is 0 Å². The van der Waals surface area contributed by atoms with Crippen LogP contribution in [0.15, 0.2) is 48.5 Å². The van der Waals surface area contributed by atoms with Crippen molar-refractivity contribution in [2.24, 2.45) is 0 Å². The van der Waals surface area contributed by atoms with Gasteiger partial charge < -0.3 is 15.0 Å². The number of carbonyl (C=O) groups is 2. The molecular weight excluding hydrogens is 316 g/mol. The van der Waals surface area contributed by atoms with Gasteiger partial charge in [-0.05, 0) is 43.3 Å². The zero-order valence-corrected chi connectivity index (χ0v) is 14.3. The standard InChI is InChI=1S/C20H22N2O3/c1-15-3-2-4-17(13-15)20(24)21-14-19(23)16-5-7-18(8-6-16)22-9-11-25-12-10-22/h2-8,13H,9-12,14H2,1H3,(H,21,24). The van der Waals surface area contributed by atoms with Crippen LogP contribution < -0.4 is 10.2 Å². The molecule has 25 heavy (non-hydrogen) atoms. The molecule has 0 radical (unpaired) electrons. The van der Waals surface area contributed by atoms with Gasteiger partial charge in [0.25, 0.3) is 5.91 Å². The summed E-state index contributed by atoms with van der Waals surface area (Å²) in [5.74, 6) is -0.337. The summed E-state index contributed by atoms with van der Waals surface area (Å²) in [4.78, 5) is 26.6. The number of benzene rings is 2. The van der Waals surface area contributed by atoms with Gasteiger partial charge in [-0.2, -0.15) is 0 Å². The lowest BCUT2D eigenvalue weighted by atomic mass is 10.1. The van der Waals surface area contributed by atoms with Crippen molar-refractivity contribution in [1.82, 2.24) is 5.32 Å². The minimum Gasteiger partial charge on any atom is -0.378 e. The first-order valence-electron chi connectivity index (χ1n) is 8.44. The highest BCUT2D eigenvalue weighted by Gasteiger charge is 2.13. The average Bonchev–Trinajstić information content (AvgIpc) is 2.66. The van der Waals surface area contributed by atoms with Crippen molar-refractivity contribution >= 4 is 17.4 Å². The van der Waals surface area contributed by atoms with E-state index in [-0.39, 0.29) is 18.2 Å². The van der Waals surface area contributed by atoms with Crippen LogP contribution in [0.3, 0.4) is 0 Å². The Morgan fingerprint density at radius 3 is 2.44 bits per heavy atom. The van der Waals surface area contributed by atoms with Crippen molar-refractivity contribution in [2.45, 2.75) is 6.92 Å². The first-order chi connectivity index (χ1) is 12.1. The van der Waals surface area contributed by atoms with Crippen molar-refractivity contribution < 1.29 is 14.3 Å². The number of hydrogen-bond donors (Lipinski definition) is 1. The smallest absolute Gasteiger partial charge is 0.251 e. The fraction of sp³-hybridized carbons (Fsp3) is 0.300. The number of ether oxygens (including phenoxy) is 1. The Balaban J connectivity index is 1.56. The molecule has 0 spiro atoms. The normalized spacial score (nSPS) is 14.2. The number of ketones is 1. The highest BCUT2D eigenvalue weighted by Crippen LogP contribution is 2.16. The third-order valence-electron chi connectivity index (χ3n) is 4.26. The zero-order valence-electron chi connectivity index (χ0n) is 14.3. The molecule has 0 atom stereocenters. The number of anilines is 1. The lowest BCUT2D eigenvalue weighted by Gasteiger charge is -2.28. The predicted molar refractivity (Wildman–Crippen MR) is 97.3 cm³/mol. The molecule has 0 aromatic heterocycles. The van der Waals surface area contributed by atoms with Crippen LogP contribution in [-0.4, -0.2) is 44.5 Å². The maximum atomic E-state index is 12.3. The molecule has 1 aliphatic rings. The van der Waals surface area contributed by atoms with Gasteiger partial charge in [-0.25, -0.2) is 0 Å². The van der Waals surface area contributed by atoms with Crippen molar-refractivity contribution in [3.8, 4) is 0 Å². The zero-order chi connectivity index (χ0) is 17.6. The molecule has 1 fully saturated rings. The molecule has 0 saturated carbocycles. The molecule has 3 rings (SSSR count). The molecule has 0 unspecified atom stereocenters. The lowest BCUT2D eigenvalue weighted by molar-refractivity contribution is 0.0904. The van der Waals surface area contributed by atoms with E-state index in [0.29, 0.717) is 11.1 Å². The summed E-state index contributed by atoms with van der Waals surface area (Å²) in [5, 5.41) is 2.69. The van der Waals surface area contributed by atoms with E-state index in [2.05, 4.69) is 10.2 Å². The van der Waals surface area contributed by atoms with E-state index in [1.54, 1.807) is 12.1 Å². The van der Waals surface area contributed by atoms with Gasteiger partial charge >= 0.3 is 0 Å². The summed E-state index contributed by atoms with van der Waals surface area (Å²) in [6.45, 7) is 5.10. The second kappa shape index (κ2) is 7.94. The van der Waals surface area contributed by atoms with Crippen LogP contribution in [0.25, 0.3) is 0 Å². The van der Waals surface area contributed by atoms with Crippen LogP contribution in [0.2, 0.25) is 0 Å². The molecule has 1 amide bonds. The van der Waals surface area contributed by atoms with Gasteiger partial charge in [-0.1, -0.05) is 17.7 Å². The number of nitrogens with one attached hydrogen (secondary N) is 1. The molecular formula is C20H22N2O3. The maximum absolute atomic E-state index is 12.3. The maximum Gasteiger partial charge on any atom is 0.251 e.